The third kappa shape index (κ3) is 6.03. The van der Waals surface area contributed by atoms with Gasteiger partial charge >= 0.3 is 0 Å². The lowest BCUT2D eigenvalue weighted by Gasteiger charge is -2.22. The van der Waals surface area contributed by atoms with E-state index in [2.05, 4.69) is 11.8 Å². The zero-order valence-electron chi connectivity index (χ0n) is 13.1. The maximum atomic E-state index is 9.99. The van der Waals surface area contributed by atoms with Crippen molar-refractivity contribution >= 4 is 0 Å². The van der Waals surface area contributed by atoms with Gasteiger partial charge in [-0.25, -0.2) is 0 Å². The standard InChI is InChI=1S/C19H24O3/c1-16-10-12-17(13-11-16)18(20)8-4-2-3-6-14-21-19-9-5-7-15-22-19/h4,8,10-13,18-20H,5-7,9,14-15H2,1H3/b8-4-. The number of ether oxygens (including phenoxy) is 2. The normalized spacial score (nSPS) is 19.6. The average Bonchev–Trinajstić information content (AvgIpc) is 2.55. The van der Waals surface area contributed by atoms with Gasteiger partial charge in [0.2, 0.25) is 0 Å². The third-order valence-electron chi connectivity index (χ3n) is 3.55. The van der Waals surface area contributed by atoms with Crippen LogP contribution < -0.4 is 0 Å². The largest absolute Gasteiger partial charge is 0.384 e. The summed E-state index contributed by atoms with van der Waals surface area (Å²) in [5.41, 5.74) is 2.06. The van der Waals surface area contributed by atoms with Crippen molar-refractivity contribution in [2.24, 2.45) is 0 Å². The highest BCUT2D eigenvalue weighted by atomic mass is 16.7. The Morgan fingerprint density at radius 1 is 1.36 bits per heavy atom. The minimum absolute atomic E-state index is 0.0468. The monoisotopic (exact) mass is 300 g/mol. The molecule has 0 aromatic heterocycles. The molecule has 0 saturated carbocycles. The Balaban J connectivity index is 1.65. The van der Waals surface area contributed by atoms with Gasteiger partial charge in [-0.15, -0.1) is 0 Å². The summed E-state index contributed by atoms with van der Waals surface area (Å²) in [7, 11) is 0. The number of hydrogen-bond acceptors (Lipinski definition) is 3. The first-order valence-electron chi connectivity index (χ1n) is 7.88. The molecule has 0 spiro atoms. The van der Waals surface area contributed by atoms with Gasteiger partial charge in [-0.2, -0.15) is 0 Å². The van der Waals surface area contributed by atoms with Gasteiger partial charge in [0.1, 0.15) is 0 Å². The van der Waals surface area contributed by atoms with Crippen molar-refractivity contribution in [3.8, 4) is 11.8 Å². The number of rotatable bonds is 5. The minimum Gasteiger partial charge on any atom is -0.384 e. The van der Waals surface area contributed by atoms with E-state index < -0.39 is 6.10 Å². The smallest absolute Gasteiger partial charge is 0.157 e. The van der Waals surface area contributed by atoms with E-state index in [0.29, 0.717) is 13.0 Å². The van der Waals surface area contributed by atoms with Crippen molar-refractivity contribution in [2.75, 3.05) is 13.2 Å². The number of aryl methyl sites for hydroxylation is 1. The molecule has 1 aliphatic rings. The predicted molar refractivity (Wildman–Crippen MR) is 87.2 cm³/mol. The van der Waals surface area contributed by atoms with Gasteiger partial charge in [-0.1, -0.05) is 41.7 Å². The van der Waals surface area contributed by atoms with E-state index >= 15 is 0 Å². The first-order valence-corrected chi connectivity index (χ1v) is 7.88. The Hall–Kier alpha value is -1.60. The molecule has 1 aromatic rings. The summed E-state index contributed by atoms with van der Waals surface area (Å²) in [5, 5.41) is 9.99. The third-order valence-corrected chi connectivity index (χ3v) is 3.55. The predicted octanol–water partition coefficient (Wildman–Crippen LogP) is 3.52. The summed E-state index contributed by atoms with van der Waals surface area (Å²) in [6, 6.07) is 7.83. The molecule has 1 N–H and O–H groups in total. The molecule has 1 aliphatic heterocycles. The van der Waals surface area contributed by atoms with Crippen molar-refractivity contribution in [1.82, 2.24) is 0 Å². The van der Waals surface area contributed by atoms with Gasteiger partial charge in [0.25, 0.3) is 0 Å². The SMILES string of the molecule is Cc1ccc(C(O)/C=C\C#CCCOC2CCCCO2)cc1. The van der Waals surface area contributed by atoms with Gasteiger partial charge in [0, 0.05) is 13.0 Å². The number of aliphatic hydroxyl groups excluding tert-OH is 1. The van der Waals surface area contributed by atoms with Crippen LogP contribution in [0.2, 0.25) is 0 Å². The van der Waals surface area contributed by atoms with Gasteiger partial charge in [0.05, 0.1) is 12.7 Å². The molecule has 1 saturated heterocycles. The Kier molecular flexibility index (Phi) is 7.18. The quantitative estimate of drug-likeness (QED) is 0.668. The molecule has 22 heavy (non-hydrogen) atoms. The lowest BCUT2D eigenvalue weighted by Crippen LogP contribution is -2.22. The summed E-state index contributed by atoms with van der Waals surface area (Å²) in [5.74, 6) is 5.94. The molecule has 1 fully saturated rings. The number of benzene rings is 1. The summed E-state index contributed by atoms with van der Waals surface area (Å²) < 4.78 is 11.1. The summed E-state index contributed by atoms with van der Waals surface area (Å²) in [6.07, 6.45) is 6.70. The molecule has 2 atom stereocenters. The van der Waals surface area contributed by atoms with Crippen molar-refractivity contribution < 1.29 is 14.6 Å². The van der Waals surface area contributed by atoms with Gasteiger partial charge < -0.3 is 14.6 Å². The molecule has 3 nitrogen and oxygen atoms in total. The second kappa shape index (κ2) is 9.42. The maximum Gasteiger partial charge on any atom is 0.157 e. The van der Waals surface area contributed by atoms with Crippen LogP contribution in [0.3, 0.4) is 0 Å². The van der Waals surface area contributed by atoms with E-state index in [-0.39, 0.29) is 6.29 Å². The number of allylic oxidation sites excluding steroid dienone is 1. The highest BCUT2D eigenvalue weighted by Gasteiger charge is 2.12. The van der Waals surface area contributed by atoms with Crippen LogP contribution in [0.15, 0.2) is 36.4 Å². The number of hydrogen-bond donors (Lipinski definition) is 1. The lowest BCUT2D eigenvalue weighted by molar-refractivity contribution is -0.161. The molecule has 0 radical (unpaired) electrons. The Morgan fingerprint density at radius 3 is 2.91 bits per heavy atom. The Morgan fingerprint density at radius 2 is 2.18 bits per heavy atom. The maximum absolute atomic E-state index is 9.99. The molecule has 0 amide bonds. The highest BCUT2D eigenvalue weighted by Crippen LogP contribution is 2.15. The average molecular weight is 300 g/mol. The van der Waals surface area contributed by atoms with Crippen molar-refractivity contribution in [2.45, 2.75) is 45.0 Å². The molecule has 2 unspecified atom stereocenters. The lowest BCUT2D eigenvalue weighted by atomic mass is 10.1. The highest BCUT2D eigenvalue weighted by molar-refractivity contribution is 5.27. The van der Waals surface area contributed by atoms with Crippen LogP contribution in [-0.4, -0.2) is 24.6 Å². The fourth-order valence-corrected chi connectivity index (χ4v) is 2.23. The van der Waals surface area contributed by atoms with E-state index in [1.54, 1.807) is 12.2 Å². The van der Waals surface area contributed by atoms with Crippen LogP contribution in [0.25, 0.3) is 0 Å². The van der Waals surface area contributed by atoms with Crippen LogP contribution in [0.5, 0.6) is 0 Å². The van der Waals surface area contributed by atoms with Gasteiger partial charge in [0.15, 0.2) is 6.29 Å². The van der Waals surface area contributed by atoms with Gasteiger partial charge in [-0.05, 0) is 43.9 Å². The Bertz CT molecular complexity index is 516. The van der Waals surface area contributed by atoms with Crippen LogP contribution in [0.1, 0.15) is 42.9 Å². The van der Waals surface area contributed by atoms with E-state index in [0.717, 1.165) is 25.0 Å². The first kappa shape index (κ1) is 16.8. The van der Waals surface area contributed by atoms with Crippen molar-refractivity contribution in [1.29, 1.82) is 0 Å². The molecule has 2 rings (SSSR count). The molecule has 3 heteroatoms. The van der Waals surface area contributed by atoms with Crippen LogP contribution >= 0.6 is 0 Å². The summed E-state index contributed by atoms with van der Waals surface area (Å²) in [4.78, 5) is 0. The zero-order chi connectivity index (χ0) is 15.6. The molecule has 1 heterocycles. The van der Waals surface area contributed by atoms with E-state index in [1.807, 2.05) is 31.2 Å². The fourth-order valence-electron chi connectivity index (χ4n) is 2.23. The Labute approximate surface area is 133 Å². The van der Waals surface area contributed by atoms with Crippen LogP contribution in [0, 0.1) is 18.8 Å². The molecule has 1 aromatic carbocycles. The summed E-state index contributed by atoms with van der Waals surface area (Å²) >= 11 is 0. The van der Waals surface area contributed by atoms with Crippen LogP contribution in [-0.2, 0) is 9.47 Å². The molecular formula is C19H24O3. The van der Waals surface area contributed by atoms with Crippen molar-refractivity contribution in [3.05, 3.63) is 47.5 Å². The van der Waals surface area contributed by atoms with Crippen LogP contribution in [0.4, 0.5) is 0 Å². The molecule has 118 valence electrons. The molecular weight excluding hydrogens is 276 g/mol. The molecule has 0 aliphatic carbocycles. The van der Waals surface area contributed by atoms with Gasteiger partial charge in [-0.3, -0.25) is 0 Å². The van der Waals surface area contributed by atoms with E-state index in [9.17, 15) is 5.11 Å². The second-order valence-electron chi connectivity index (χ2n) is 5.45. The fraction of sp³-hybridized carbons (Fsp3) is 0.474. The van der Waals surface area contributed by atoms with Crippen molar-refractivity contribution in [3.63, 3.8) is 0 Å². The summed E-state index contributed by atoms with van der Waals surface area (Å²) in [6.45, 7) is 3.42. The molecule has 0 bridgehead atoms. The van der Waals surface area contributed by atoms with E-state index in [4.69, 9.17) is 9.47 Å². The number of aliphatic hydroxyl groups is 1. The topological polar surface area (TPSA) is 38.7 Å². The minimum atomic E-state index is -0.609. The second-order valence-corrected chi connectivity index (χ2v) is 5.45. The zero-order valence-corrected chi connectivity index (χ0v) is 13.1. The first-order chi connectivity index (χ1) is 10.8. The van der Waals surface area contributed by atoms with E-state index in [1.165, 1.54) is 12.0 Å².